The molecule has 0 spiro atoms. The molecule has 0 aliphatic rings. The number of sulfonamides is 1. The first-order valence-electron chi connectivity index (χ1n) is 10.1. The number of halogens is 1. The number of nitrogens with one attached hydrogen (secondary N) is 1. The van der Waals surface area contributed by atoms with Crippen molar-refractivity contribution in [3.8, 4) is 0 Å². The van der Waals surface area contributed by atoms with Crippen LogP contribution in [0.5, 0.6) is 0 Å². The minimum absolute atomic E-state index is 0.0482. The van der Waals surface area contributed by atoms with Crippen molar-refractivity contribution in [3.63, 3.8) is 0 Å². The monoisotopic (exact) mass is 471 g/mol. The van der Waals surface area contributed by atoms with E-state index < -0.39 is 15.9 Å². The van der Waals surface area contributed by atoms with Gasteiger partial charge in [-0.15, -0.1) is 0 Å². The van der Waals surface area contributed by atoms with Crippen LogP contribution in [0.15, 0.2) is 65.8 Å². The van der Waals surface area contributed by atoms with Gasteiger partial charge in [0.05, 0.1) is 11.4 Å². The first-order valence-corrected chi connectivity index (χ1v) is 12.0. The Balaban J connectivity index is 1.89. The fourth-order valence-electron chi connectivity index (χ4n) is 3.64. The van der Waals surface area contributed by atoms with Gasteiger partial charge < -0.3 is 5.32 Å². The zero-order valence-electron chi connectivity index (χ0n) is 18.3. The first kappa shape index (κ1) is 23.9. The van der Waals surface area contributed by atoms with Gasteiger partial charge in [0.15, 0.2) is 0 Å². The number of hydrogen-bond acceptors (Lipinski definition) is 4. The largest absolute Gasteiger partial charge is 0.351 e. The Morgan fingerprint density at radius 3 is 2.28 bits per heavy atom. The molecule has 0 aliphatic carbocycles. The average Bonchev–Trinajstić information content (AvgIpc) is 2.73. The number of carbonyl (C=O) groups is 1. The van der Waals surface area contributed by atoms with Crippen LogP contribution in [0.25, 0.3) is 0 Å². The second kappa shape index (κ2) is 10.3. The number of aromatic nitrogens is 1. The highest BCUT2D eigenvalue weighted by molar-refractivity contribution is 7.89. The fourth-order valence-corrected chi connectivity index (χ4v) is 5.56. The van der Waals surface area contributed by atoms with Crippen molar-refractivity contribution in [2.75, 3.05) is 6.54 Å². The van der Waals surface area contributed by atoms with Crippen LogP contribution in [0.1, 0.15) is 27.8 Å². The van der Waals surface area contributed by atoms with E-state index in [1.165, 1.54) is 4.31 Å². The number of carbonyl (C=O) groups excluding carboxylic acids is 1. The number of amides is 1. The maximum absolute atomic E-state index is 13.7. The fraction of sp³-hybridized carbons (Fsp3) is 0.250. The molecular weight excluding hydrogens is 446 g/mol. The minimum Gasteiger partial charge on any atom is -0.351 e. The molecule has 0 radical (unpaired) electrons. The summed E-state index contributed by atoms with van der Waals surface area (Å²) < 4.78 is 28.6. The van der Waals surface area contributed by atoms with Crippen LogP contribution >= 0.6 is 11.6 Å². The van der Waals surface area contributed by atoms with E-state index in [9.17, 15) is 13.2 Å². The van der Waals surface area contributed by atoms with Crippen molar-refractivity contribution in [1.29, 1.82) is 0 Å². The summed E-state index contributed by atoms with van der Waals surface area (Å²) in [4.78, 5) is 17.0. The van der Waals surface area contributed by atoms with Crippen molar-refractivity contribution in [3.05, 3.63) is 93.8 Å². The molecule has 8 heteroatoms. The predicted molar refractivity (Wildman–Crippen MR) is 126 cm³/mol. The van der Waals surface area contributed by atoms with Crippen LogP contribution in [-0.2, 0) is 27.9 Å². The Morgan fingerprint density at radius 1 is 1.03 bits per heavy atom. The predicted octanol–water partition coefficient (Wildman–Crippen LogP) is 4.17. The summed E-state index contributed by atoms with van der Waals surface area (Å²) in [6.45, 7) is 5.48. The van der Waals surface area contributed by atoms with Crippen LogP contribution in [0.4, 0.5) is 0 Å². The standard InChI is InChI=1S/C24H26ClN3O3S/c1-17-11-18(2)24(19(3)12-17)32(30,31)28(15-20-6-8-22(25)9-7-20)16-23(29)27-14-21-5-4-10-26-13-21/h4-13H,14-16H2,1-3H3,(H,27,29). The van der Waals surface area contributed by atoms with E-state index in [1.807, 2.05) is 25.1 Å². The van der Waals surface area contributed by atoms with Crippen LogP contribution in [0, 0.1) is 20.8 Å². The van der Waals surface area contributed by atoms with E-state index in [1.54, 1.807) is 56.6 Å². The van der Waals surface area contributed by atoms with E-state index in [-0.39, 0.29) is 24.5 Å². The van der Waals surface area contributed by atoms with Crippen molar-refractivity contribution in [2.24, 2.45) is 0 Å². The smallest absolute Gasteiger partial charge is 0.244 e. The number of nitrogens with zero attached hydrogens (tertiary/aromatic N) is 2. The Labute approximate surface area is 194 Å². The lowest BCUT2D eigenvalue weighted by atomic mass is 10.1. The number of pyridine rings is 1. The van der Waals surface area contributed by atoms with E-state index >= 15 is 0 Å². The van der Waals surface area contributed by atoms with Crippen molar-refractivity contribution < 1.29 is 13.2 Å². The van der Waals surface area contributed by atoms with Gasteiger partial charge in [-0.25, -0.2) is 8.42 Å². The van der Waals surface area contributed by atoms with Gasteiger partial charge in [-0.1, -0.05) is 47.5 Å². The summed E-state index contributed by atoms with van der Waals surface area (Å²) in [5.74, 6) is -0.395. The topological polar surface area (TPSA) is 79.4 Å². The molecule has 6 nitrogen and oxygen atoms in total. The van der Waals surface area contributed by atoms with E-state index in [2.05, 4.69) is 10.3 Å². The maximum atomic E-state index is 13.7. The highest BCUT2D eigenvalue weighted by Crippen LogP contribution is 2.26. The lowest BCUT2D eigenvalue weighted by molar-refractivity contribution is -0.121. The molecule has 168 valence electrons. The normalized spacial score (nSPS) is 11.5. The van der Waals surface area contributed by atoms with Gasteiger partial charge in [0.25, 0.3) is 0 Å². The average molecular weight is 472 g/mol. The summed E-state index contributed by atoms with van der Waals surface area (Å²) in [5, 5.41) is 3.34. The number of hydrogen-bond donors (Lipinski definition) is 1. The number of rotatable bonds is 8. The molecule has 0 fully saturated rings. The third kappa shape index (κ3) is 5.94. The molecule has 2 aromatic carbocycles. The Hall–Kier alpha value is -2.74. The van der Waals surface area contributed by atoms with Crippen LogP contribution in [0.2, 0.25) is 5.02 Å². The highest BCUT2D eigenvalue weighted by Gasteiger charge is 2.30. The summed E-state index contributed by atoms with van der Waals surface area (Å²) in [6, 6.07) is 14.2. The van der Waals surface area contributed by atoms with Gasteiger partial charge in [-0.05, 0) is 61.2 Å². The number of benzene rings is 2. The molecule has 0 saturated heterocycles. The third-order valence-electron chi connectivity index (χ3n) is 5.01. The molecule has 1 N–H and O–H groups in total. The highest BCUT2D eigenvalue weighted by atomic mass is 35.5. The number of aryl methyl sites for hydroxylation is 3. The van der Waals surface area contributed by atoms with Crippen LogP contribution in [-0.4, -0.2) is 30.2 Å². The molecule has 3 rings (SSSR count). The van der Waals surface area contributed by atoms with Gasteiger partial charge in [0, 0.05) is 30.5 Å². The summed E-state index contributed by atoms with van der Waals surface area (Å²) in [6.07, 6.45) is 3.31. The molecule has 0 aliphatic heterocycles. The minimum atomic E-state index is -3.94. The molecule has 0 saturated carbocycles. The summed E-state index contributed by atoms with van der Waals surface area (Å²) >= 11 is 5.97. The van der Waals surface area contributed by atoms with Gasteiger partial charge >= 0.3 is 0 Å². The quantitative estimate of drug-likeness (QED) is 0.534. The van der Waals surface area contributed by atoms with Crippen molar-refractivity contribution in [1.82, 2.24) is 14.6 Å². The Morgan fingerprint density at radius 2 is 1.69 bits per heavy atom. The lowest BCUT2D eigenvalue weighted by Gasteiger charge is -2.24. The van der Waals surface area contributed by atoms with Gasteiger partial charge in [0.1, 0.15) is 0 Å². The second-order valence-electron chi connectivity index (χ2n) is 7.77. The van der Waals surface area contributed by atoms with E-state index in [0.29, 0.717) is 16.1 Å². The molecule has 0 unspecified atom stereocenters. The Kier molecular flexibility index (Phi) is 7.66. The second-order valence-corrected chi connectivity index (χ2v) is 10.1. The Bertz CT molecular complexity index is 1170. The third-order valence-corrected chi connectivity index (χ3v) is 7.36. The zero-order valence-corrected chi connectivity index (χ0v) is 19.9. The van der Waals surface area contributed by atoms with Crippen LogP contribution in [0.3, 0.4) is 0 Å². The first-order chi connectivity index (χ1) is 15.2. The van der Waals surface area contributed by atoms with Gasteiger partial charge in [-0.2, -0.15) is 4.31 Å². The van der Waals surface area contributed by atoms with Gasteiger partial charge in [-0.3, -0.25) is 9.78 Å². The molecule has 32 heavy (non-hydrogen) atoms. The molecular formula is C24H26ClN3O3S. The van der Waals surface area contributed by atoms with Gasteiger partial charge in [0.2, 0.25) is 15.9 Å². The molecule has 1 amide bonds. The SMILES string of the molecule is Cc1cc(C)c(S(=O)(=O)N(CC(=O)NCc2cccnc2)Cc2ccc(Cl)cc2)c(C)c1. The molecule has 1 heterocycles. The molecule has 0 atom stereocenters. The lowest BCUT2D eigenvalue weighted by Crippen LogP contribution is -2.40. The zero-order chi connectivity index (χ0) is 23.3. The van der Waals surface area contributed by atoms with E-state index in [4.69, 9.17) is 11.6 Å². The van der Waals surface area contributed by atoms with E-state index in [0.717, 1.165) is 16.7 Å². The van der Waals surface area contributed by atoms with Crippen LogP contribution < -0.4 is 5.32 Å². The van der Waals surface area contributed by atoms with Crippen molar-refractivity contribution in [2.45, 2.75) is 38.8 Å². The molecule has 0 bridgehead atoms. The molecule has 1 aromatic heterocycles. The van der Waals surface area contributed by atoms with Crippen molar-refractivity contribution >= 4 is 27.5 Å². The molecule has 3 aromatic rings. The summed E-state index contributed by atoms with van der Waals surface area (Å²) in [5.41, 5.74) is 3.86. The maximum Gasteiger partial charge on any atom is 0.244 e. The summed E-state index contributed by atoms with van der Waals surface area (Å²) in [7, 11) is -3.94.